The van der Waals surface area contributed by atoms with Crippen LogP contribution in [0.5, 0.6) is 0 Å². The molecule has 0 aromatic rings. The number of hydrogen-bond donors (Lipinski definition) is 0. The van der Waals surface area contributed by atoms with E-state index in [4.69, 9.17) is 9.47 Å². The van der Waals surface area contributed by atoms with Crippen molar-refractivity contribution in [1.29, 1.82) is 0 Å². The third-order valence-corrected chi connectivity index (χ3v) is 5.91. The molecule has 2 bridgehead atoms. The SMILES string of the molecule is CCC(C)C(=O)OC1C2CC3C1OC(=O)C3C2C(=O)OC(C(F)(F)F)C(F)(F)F. The quantitative estimate of drug-likeness (QED) is 0.378. The maximum absolute atomic E-state index is 12.7. The predicted octanol–water partition coefficient (Wildman–Crippen LogP) is 2.79. The second-order valence-corrected chi connectivity index (χ2v) is 7.63. The van der Waals surface area contributed by atoms with Gasteiger partial charge < -0.3 is 14.2 Å². The van der Waals surface area contributed by atoms with Gasteiger partial charge in [0.05, 0.1) is 17.8 Å². The van der Waals surface area contributed by atoms with Crippen molar-refractivity contribution >= 4 is 17.9 Å². The summed E-state index contributed by atoms with van der Waals surface area (Å²) in [5.74, 6) is -8.29. The standard InChI is InChI=1S/C17H18F6O6/c1-3-5(2)12(24)27-10-7-4-6-8(13(25)28-11(6)10)9(7)14(26)29-15(16(18,19)20)17(21,22)23/h5-11,15H,3-4H2,1-2H3. The van der Waals surface area contributed by atoms with Gasteiger partial charge in [-0.05, 0) is 12.8 Å². The molecule has 0 amide bonds. The molecule has 1 aliphatic heterocycles. The monoisotopic (exact) mass is 432 g/mol. The first-order chi connectivity index (χ1) is 13.3. The van der Waals surface area contributed by atoms with Crippen molar-refractivity contribution in [2.75, 3.05) is 0 Å². The van der Waals surface area contributed by atoms with E-state index in [1.54, 1.807) is 13.8 Å². The highest BCUT2D eigenvalue weighted by Gasteiger charge is 2.71. The van der Waals surface area contributed by atoms with Gasteiger partial charge >= 0.3 is 30.3 Å². The maximum atomic E-state index is 12.7. The Morgan fingerprint density at radius 1 is 1.14 bits per heavy atom. The molecule has 0 aromatic carbocycles. The summed E-state index contributed by atoms with van der Waals surface area (Å²) in [6.07, 6.45) is -17.5. The van der Waals surface area contributed by atoms with Crippen LogP contribution in [0, 0.1) is 29.6 Å². The molecule has 3 rings (SSSR count). The Morgan fingerprint density at radius 3 is 2.24 bits per heavy atom. The highest BCUT2D eigenvalue weighted by atomic mass is 19.4. The van der Waals surface area contributed by atoms with E-state index in [0.29, 0.717) is 6.42 Å². The van der Waals surface area contributed by atoms with Crippen LogP contribution in [0.3, 0.4) is 0 Å². The van der Waals surface area contributed by atoms with Crippen LogP contribution in [-0.4, -0.2) is 48.6 Å². The molecule has 3 aliphatic rings. The molecule has 3 fully saturated rings. The molecule has 164 valence electrons. The van der Waals surface area contributed by atoms with Crippen LogP contribution >= 0.6 is 0 Å². The van der Waals surface area contributed by atoms with Crippen LogP contribution in [0.15, 0.2) is 0 Å². The Hall–Kier alpha value is -2.01. The second kappa shape index (κ2) is 7.05. The minimum Gasteiger partial charge on any atom is -0.458 e. The highest BCUT2D eigenvalue weighted by molar-refractivity contribution is 5.86. The van der Waals surface area contributed by atoms with Gasteiger partial charge in [-0.3, -0.25) is 14.4 Å². The zero-order valence-corrected chi connectivity index (χ0v) is 15.3. The van der Waals surface area contributed by atoms with E-state index in [1.165, 1.54) is 0 Å². The zero-order chi connectivity index (χ0) is 21.9. The highest BCUT2D eigenvalue weighted by Crippen LogP contribution is 2.59. The average molecular weight is 432 g/mol. The second-order valence-electron chi connectivity index (χ2n) is 7.63. The average Bonchev–Trinajstić information content (AvgIpc) is 3.20. The van der Waals surface area contributed by atoms with Crippen molar-refractivity contribution in [2.45, 2.75) is 57.4 Å². The minimum absolute atomic E-state index is 0.0992. The van der Waals surface area contributed by atoms with Crippen LogP contribution in [0.25, 0.3) is 0 Å². The van der Waals surface area contributed by atoms with Gasteiger partial charge in [0.25, 0.3) is 6.10 Å². The number of ether oxygens (including phenoxy) is 3. The number of rotatable bonds is 5. The summed E-state index contributed by atoms with van der Waals surface area (Å²) < 4.78 is 90.6. The van der Waals surface area contributed by atoms with Crippen molar-refractivity contribution in [3.8, 4) is 0 Å². The molecule has 29 heavy (non-hydrogen) atoms. The molecule has 2 aliphatic carbocycles. The maximum Gasteiger partial charge on any atom is 0.434 e. The summed E-state index contributed by atoms with van der Waals surface area (Å²) in [5.41, 5.74) is 0. The number of carbonyl (C=O) groups is 3. The number of alkyl halides is 6. The molecule has 2 saturated carbocycles. The molecule has 0 spiro atoms. The van der Waals surface area contributed by atoms with Crippen molar-refractivity contribution in [2.24, 2.45) is 29.6 Å². The fourth-order valence-electron chi connectivity index (χ4n) is 4.40. The summed E-state index contributed by atoms with van der Waals surface area (Å²) in [6.45, 7) is 3.29. The van der Waals surface area contributed by atoms with E-state index in [1.807, 2.05) is 0 Å². The van der Waals surface area contributed by atoms with E-state index < -0.39 is 78.2 Å². The Labute approximate surface area is 160 Å². The molecular weight excluding hydrogens is 414 g/mol. The van der Waals surface area contributed by atoms with E-state index >= 15 is 0 Å². The predicted molar refractivity (Wildman–Crippen MR) is 79.8 cm³/mol. The van der Waals surface area contributed by atoms with Gasteiger partial charge in [0.1, 0.15) is 12.2 Å². The first-order valence-electron chi connectivity index (χ1n) is 9.02. The number of fused-ring (bicyclic) bond motifs is 1. The summed E-state index contributed by atoms with van der Waals surface area (Å²) >= 11 is 0. The smallest absolute Gasteiger partial charge is 0.434 e. The fraction of sp³-hybridized carbons (Fsp3) is 0.824. The number of esters is 3. The van der Waals surface area contributed by atoms with Crippen molar-refractivity contribution in [1.82, 2.24) is 0 Å². The summed E-state index contributed by atoms with van der Waals surface area (Å²) in [6, 6.07) is 0. The first kappa shape index (κ1) is 21.7. The van der Waals surface area contributed by atoms with Gasteiger partial charge in [0.2, 0.25) is 0 Å². The van der Waals surface area contributed by atoms with Crippen LogP contribution in [0.1, 0.15) is 26.7 Å². The third-order valence-electron chi connectivity index (χ3n) is 5.91. The number of carbonyl (C=O) groups excluding carboxylic acids is 3. The fourth-order valence-corrected chi connectivity index (χ4v) is 4.40. The number of halogens is 6. The molecule has 7 atom stereocenters. The zero-order valence-electron chi connectivity index (χ0n) is 15.3. The van der Waals surface area contributed by atoms with E-state index in [-0.39, 0.29) is 6.42 Å². The first-order valence-corrected chi connectivity index (χ1v) is 9.02. The van der Waals surface area contributed by atoms with E-state index in [0.717, 1.165) is 0 Å². The van der Waals surface area contributed by atoms with Gasteiger partial charge in [-0.2, -0.15) is 26.3 Å². The van der Waals surface area contributed by atoms with E-state index in [2.05, 4.69) is 4.74 Å². The van der Waals surface area contributed by atoms with Gasteiger partial charge in [0.15, 0.2) is 0 Å². The molecule has 0 N–H and O–H groups in total. The van der Waals surface area contributed by atoms with Crippen molar-refractivity contribution < 1.29 is 54.9 Å². The molecule has 1 heterocycles. The molecule has 1 saturated heterocycles. The van der Waals surface area contributed by atoms with Gasteiger partial charge in [-0.15, -0.1) is 0 Å². The topological polar surface area (TPSA) is 78.9 Å². The Morgan fingerprint density at radius 2 is 1.72 bits per heavy atom. The molecule has 0 aromatic heterocycles. The Bertz CT molecular complexity index is 690. The normalized spacial score (nSPS) is 34.3. The summed E-state index contributed by atoms with van der Waals surface area (Å²) in [7, 11) is 0. The van der Waals surface area contributed by atoms with Gasteiger partial charge in [0, 0.05) is 11.8 Å². The van der Waals surface area contributed by atoms with Crippen molar-refractivity contribution in [3.05, 3.63) is 0 Å². The number of hydrogen-bond acceptors (Lipinski definition) is 6. The molecule has 6 nitrogen and oxygen atoms in total. The summed E-state index contributed by atoms with van der Waals surface area (Å²) in [4.78, 5) is 36.5. The van der Waals surface area contributed by atoms with Crippen LogP contribution in [-0.2, 0) is 28.6 Å². The minimum atomic E-state index is -5.87. The van der Waals surface area contributed by atoms with Crippen molar-refractivity contribution in [3.63, 3.8) is 0 Å². The van der Waals surface area contributed by atoms with Crippen LogP contribution < -0.4 is 0 Å². The largest absolute Gasteiger partial charge is 0.458 e. The Kier molecular flexibility index (Phi) is 5.27. The van der Waals surface area contributed by atoms with Crippen LogP contribution in [0.2, 0.25) is 0 Å². The molecular formula is C17H18F6O6. The molecule has 12 heteroatoms. The van der Waals surface area contributed by atoms with Gasteiger partial charge in [-0.1, -0.05) is 13.8 Å². The lowest BCUT2D eigenvalue weighted by atomic mass is 9.78. The molecule has 0 radical (unpaired) electrons. The lowest BCUT2D eigenvalue weighted by Crippen LogP contribution is -2.49. The summed E-state index contributed by atoms with van der Waals surface area (Å²) in [5, 5.41) is 0. The molecule has 7 unspecified atom stereocenters. The van der Waals surface area contributed by atoms with E-state index in [9.17, 15) is 40.7 Å². The Balaban J connectivity index is 1.83. The lowest BCUT2D eigenvalue weighted by Gasteiger charge is -2.32. The van der Waals surface area contributed by atoms with Gasteiger partial charge in [-0.25, -0.2) is 0 Å². The third kappa shape index (κ3) is 3.65. The van der Waals surface area contributed by atoms with Crippen LogP contribution in [0.4, 0.5) is 26.3 Å². The lowest BCUT2D eigenvalue weighted by molar-refractivity contribution is -0.315.